The van der Waals surface area contributed by atoms with Crippen LogP contribution in [0.3, 0.4) is 0 Å². The minimum atomic E-state index is -4.45. The molecule has 9 heteroatoms. The van der Waals surface area contributed by atoms with Gasteiger partial charge in [0.25, 0.3) is 0 Å². The summed E-state index contributed by atoms with van der Waals surface area (Å²) in [5, 5.41) is 11.0. The summed E-state index contributed by atoms with van der Waals surface area (Å²) >= 11 is 3.31. The van der Waals surface area contributed by atoms with E-state index < -0.39 is 11.9 Å². The van der Waals surface area contributed by atoms with Crippen LogP contribution in [0.4, 0.5) is 19.0 Å². The van der Waals surface area contributed by atoms with E-state index in [0.717, 1.165) is 10.5 Å². The summed E-state index contributed by atoms with van der Waals surface area (Å²) in [7, 11) is 0. The first-order chi connectivity index (χ1) is 9.43. The van der Waals surface area contributed by atoms with Gasteiger partial charge in [-0.05, 0) is 28.1 Å². The fourth-order valence-corrected chi connectivity index (χ4v) is 2.27. The van der Waals surface area contributed by atoms with Gasteiger partial charge in [-0.25, -0.2) is 0 Å². The molecule has 1 fully saturated rings. The second-order valence-corrected chi connectivity index (χ2v) is 5.39. The molecule has 106 valence electrons. The number of hydrogen-bond donors (Lipinski definition) is 0. The zero-order valence-electron chi connectivity index (χ0n) is 10.0. The molecule has 0 amide bonds. The first-order valence-corrected chi connectivity index (χ1v) is 6.58. The monoisotopic (exact) mass is 347 g/mol. The number of alkyl halides is 3. The highest BCUT2D eigenvalue weighted by Gasteiger charge is 2.34. The average molecular weight is 348 g/mol. The zero-order valence-corrected chi connectivity index (χ0v) is 11.6. The molecular weight excluding hydrogens is 339 g/mol. The van der Waals surface area contributed by atoms with Gasteiger partial charge in [-0.15, -0.1) is 10.2 Å². The lowest BCUT2D eigenvalue weighted by Gasteiger charge is -2.39. The zero-order chi connectivity index (χ0) is 14.3. The van der Waals surface area contributed by atoms with Gasteiger partial charge in [0.15, 0.2) is 11.5 Å². The van der Waals surface area contributed by atoms with Crippen molar-refractivity contribution in [3.63, 3.8) is 0 Å². The van der Waals surface area contributed by atoms with E-state index in [1.54, 1.807) is 6.20 Å². The SMILES string of the molecule is FC(F)(F)c1ccc(N2CC(n3cc(Br)cn3)C2)nn1. The lowest BCUT2D eigenvalue weighted by Crippen LogP contribution is -2.48. The Hall–Kier alpha value is -1.64. The van der Waals surface area contributed by atoms with Gasteiger partial charge in [0.2, 0.25) is 0 Å². The van der Waals surface area contributed by atoms with Gasteiger partial charge in [-0.1, -0.05) is 0 Å². The molecule has 20 heavy (non-hydrogen) atoms. The van der Waals surface area contributed by atoms with Gasteiger partial charge < -0.3 is 4.90 Å². The van der Waals surface area contributed by atoms with Crippen LogP contribution in [0.25, 0.3) is 0 Å². The molecule has 0 radical (unpaired) electrons. The maximum absolute atomic E-state index is 12.4. The summed E-state index contributed by atoms with van der Waals surface area (Å²) in [5.74, 6) is 0.445. The maximum Gasteiger partial charge on any atom is 0.435 e. The molecule has 2 aromatic rings. The van der Waals surface area contributed by atoms with E-state index in [1.807, 2.05) is 15.8 Å². The summed E-state index contributed by atoms with van der Waals surface area (Å²) in [4.78, 5) is 1.85. The molecule has 0 spiro atoms. The largest absolute Gasteiger partial charge is 0.435 e. The molecule has 0 bridgehead atoms. The van der Waals surface area contributed by atoms with Crippen molar-refractivity contribution in [3.8, 4) is 0 Å². The molecule has 0 atom stereocenters. The fraction of sp³-hybridized carbons (Fsp3) is 0.364. The molecule has 1 aliphatic rings. The normalized spacial score (nSPS) is 16.3. The maximum atomic E-state index is 12.4. The predicted molar refractivity (Wildman–Crippen MR) is 68.2 cm³/mol. The highest BCUT2D eigenvalue weighted by Crippen LogP contribution is 2.30. The Morgan fingerprint density at radius 2 is 1.95 bits per heavy atom. The summed E-state index contributed by atoms with van der Waals surface area (Å²) in [6, 6.07) is 2.48. The van der Waals surface area contributed by atoms with Crippen molar-refractivity contribution in [2.24, 2.45) is 0 Å². The minimum absolute atomic E-state index is 0.199. The first kappa shape index (κ1) is 13.3. The Balaban J connectivity index is 1.65. The third-order valence-electron chi connectivity index (χ3n) is 3.07. The van der Waals surface area contributed by atoms with Crippen molar-refractivity contribution in [2.75, 3.05) is 18.0 Å². The standard InChI is InChI=1S/C11H9BrF3N5/c12-7-3-16-20(4-7)8-5-19(6-8)10-2-1-9(17-18-10)11(13,14)15/h1-4,8H,5-6H2. The Morgan fingerprint density at radius 1 is 1.20 bits per heavy atom. The fourth-order valence-electron chi connectivity index (χ4n) is 1.97. The van der Waals surface area contributed by atoms with Crippen LogP contribution >= 0.6 is 15.9 Å². The van der Waals surface area contributed by atoms with Crippen LogP contribution in [0.1, 0.15) is 11.7 Å². The number of nitrogens with zero attached hydrogens (tertiary/aromatic N) is 5. The number of anilines is 1. The minimum Gasteiger partial charge on any atom is -0.351 e. The van der Waals surface area contributed by atoms with Crippen molar-refractivity contribution in [1.29, 1.82) is 0 Å². The lowest BCUT2D eigenvalue weighted by molar-refractivity contribution is -0.141. The summed E-state index contributed by atoms with van der Waals surface area (Å²) in [6.45, 7) is 1.29. The summed E-state index contributed by atoms with van der Waals surface area (Å²) < 4.78 is 39.8. The molecule has 3 heterocycles. The van der Waals surface area contributed by atoms with Crippen LogP contribution in [-0.4, -0.2) is 33.1 Å². The highest BCUT2D eigenvalue weighted by molar-refractivity contribution is 9.10. The Bertz CT molecular complexity index is 603. The number of rotatable bonds is 2. The van der Waals surface area contributed by atoms with E-state index in [2.05, 4.69) is 31.2 Å². The predicted octanol–water partition coefficient (Wildman–Crippen LogP) is 2.52. The van der Waals surface area contributed by atoms with Gasteiger partial charge in [-0.2, -0.15) is 18.3 Å². The van der Waals surface area contributed by atoms with Crippen LogP contribution < -0.4 is 4.90 Å². The van der Waals surface area contributed by atoms with Gasteiger partial charge in [0.1, 0.15) is 0 Å². The second kappa shape index (κ2) is 4.72. The van der Waals surface area contributed by atoms with Gasteiger partial charge >= 0.3 is 6.18 Å². The van der Waals surface area contributed by atoms with E-state index in [9.17, 15) is 13.2 Å². The van der Waals surface area contributed by atoms with E-state index >= 15 is 0 Å². The number of halogens is 4. The van der Waals surface area contributed by atoms with Crippen molar-refractivity contribution >= 4 is 21.7 Å². The summed E-state index contributed by atoms with van der Waals surface area (Å²) in [6.07, 6.45) is -0.897. The number of aromatic nitrogens is 4. The molecule has 0 saturated carbocycles. The molecule has 0 aromatic carbocycles. The topological polar surface area (TPSA) is 46.8 Å². The third-order valence-corrected chi connectivity index (χ3v) is 3.48. The van der Waals surface area contributed by atoms with E-state index in [4.69, 9.17) is 0 Å². The van der Waals surface area contributed by atoms with Crippen LogP contribution in [0.5, 0.6) is 0 Å². The van der Waals surface area contributed by atoms with Crippen LogP contribution in [-0.2, 0) is 6.18 Å². The molecule has 1 saturated heterocycles. The molecule has 5 nitrogen and oxygen atoms in total. The Kier molecular flexibility index (Phi) is 3.15. The average Bonchev–Trinajstić information content (AvgIpc) is 2.73. The van der Waals surface area contributed by atoms with Crippen molar-refractivity contribution in [3.05, 3.63) is 34.7 Å². The quantitative estimate of drug-likeness (QED) is 0.837. The van der Waals surface area contributed by atoms with Crippen molar-refractivity contribution < 1.29 is 13.2 Å². The molecule has 2 aromatic heterocycles. The third kappa shape index (κ3) is 2.49. The number of hydrogen-bond acceptors (Lipinski definition) is 4. The van der Waals surface area contributed by atoms with Gasteiger partial charge in [-0.3, -0.25) is 4.68 Å². The van der Waals surface area contributed by atoms with Gasteiger partial charge in [0.05, 0.1) is 16.7 Å². The Morgan fingerprint density at radius 3 is 2.45 bits per heavy atom. The van der Waals surface area contributed by atoms with E-state index in [-0.39, 0.29) is 6.04 Å². The van der Waals surface area contributed by atoms with Gasteiger partial charge in [0, 0.05) is 19.3 Å². The van der Waals surface area contributed by atoms with Crippen LogP contribution in [0.2, 0.25) is 0 Å². The first-order valence-electron chi connectivity index (χ1n) is 5.79. The summed E-state index contributed by atoms with van der Waals surface area (Å²) in [5.41, 5.74) is -0.977. The van der Waals surface area contributed by atoms with Crippen molar-refractivity contribution in [1.82, 2.24) is 20.0 Å². The molecule has 3 rings (SSSR count). The molecular formula is C11H9BrF3N5. The second-order valence-electron chi connectivity index (χ2n) is 4.47. The Labute approximate surface area is 120 Å². The van der Waals surface area contributed by atoms with E-state index in [1.165, 1.54) is 6.07 Å². The van der Waals surface area contributed by atoms with Crippen LogP contribution in [0, 0.1) is 0 Å². The van der Waals surface area contributed by atoms with E-state index in [0.29, 0.717) is 18.9 Å². The highest BCUT2D eigenvalue weighted by atomic mass is 79.9. The molecule has 0 aliphatic carbocycles. The molecule has 0 unspecified atom stereocenters. The van der Waals surface area contributed by atoms with Crippen LogP contribution in [0.15, 0.2) is 29.0 Å². The smallest absolute Gasteiger partial charge is 0.351 e. The lowest BCUT2D eigenvalue weighted by atomic mass is 10.1. The van der Waals surface area contributed by atoms with Crippen molar-refractivity contribution in [2.45, 2.75) is 12.2 Å². The molecule has 1 aliphatic heterocycles. The molecule has 0 N–H and O–H groups in total.